The average molecular weight is 517 g/mol. The summed E-state index contributed by atoms with van der Waals surface area (Å²) in [5.74, 6) is -0.270. The highest BCUT2D eigenvalue weighted by Gasteiger charge is 2.31. The number of anilines is 1. The average Bonchev–Trinajstić information content (AvgIpc) is 2.89. The van der Waals surface area contributed by atoms with E-state index < -0.39 is 5.92 Å². The highest BCUT2D eigenvalue weighted by molar-refractivity contribution is 6.00. The molecular formula is C28H41FN4O4. The van der Waals surface area contributed by atoms with Crippen LogP contribution < -0.4 is 10.2 Å². The highest BCUT2D eigenvalue weighted by Crippen LogP contribution is 2.30. The van der Waals surface area contributed by atoms with Gasteiger partial charge in [-0.3, -0.25) is 19.8 Å². The number of halogens is 1. The molecule has 0 bridgehead atoms. The van der Waals surface area contributed by atoms with Crippen molar-refractivity contribution in [1.29, 1.82) is 0 Å². The number of nitrogens with one attached hydrogen (secondary N) is 1. The Morgan fingerprint density at radius 3 is 2.49 bits per heavy atom. The molecule has 3 amide bonds. The first kappa shape index (κ1) is 27.4. The predicted octanol–water partition coefficient (Wildman–Crippen LogP) is 3.75. The molecule has 9 heteroatoms. The first-order chi connectivity index (χ1) is 17.9. The third-order valence-electron chi connectivity index (χ3n) is 8.20. The lowest BCUT2D eigenvalue weighted by Crippen LogP contribution is -2.49. The van der Waals surface area contributed by atoms with Crippen LogP contribution in [0.15, 0.2) is 18.2 Å². The number of hydrogen-bond acceptors (Lipinski definition) is 6. The number of carbonyl (C=O) groups excluding carboxylic acids is 3. The first-order valence-electron chi connectivity index (χ1n) is 13.9. The lowest BCUT2D eigenvalue weighted by molar-refractivity contribution is -0.134. The number of rotatable bonds is 8. The summed E-state index contributed by atoms with van der Waals surface area (Å²) in [6.07, 6.45) is 4.48. The molecule has 4 rings (SSSR count). The molecule has 0 spiro atoms. The Bertz CT molecular complexity index is 958. The molecule has 0 radical (unpaired) electrons. The maximum absolute atomic E-state index is 15.0. The van der Waals surface area contributed by atoms with Gasteiger partial charge >= 0.3 is 6.09 Å². The minimum Gasteiger partial charge on any atom is -0.449 e. The van der Waals surface area contributed by atoms with Gasteiger partial charge in [0, 0.05) is 52.2 Å². The monoisotopic (exact) mass is 516 g/mol. The van der Waals surface area contributed by atoms with Gasteiger partial charge in [0.25, 0.3) is 0 Å². The summed E-state index contributed by atoms with van der Waals surface area (Å²) in [5, 5.41) is 2.35. The smallest absolute Gasteiger partial charge is 0.409 e. The van der Waals surface area contributed by atoms with Crippen molar-refractivity contribution >= 4 is 23.6 Å². The number of piperazine rings is 1. The predicted molar refractivity (Wildman–Crippen MR) is 140 cm³/mol. The van der Waals surface area contributed by atoms with Gasteiger partial charge < -0.3 is 14.5 Å². The van der Waals surface area contributed by atoms with Crippen LogP contribution >= 0.6 is 0 Å². The van der Waals surface area contributed by atoms with Crippen molar-refractivity contribution in [2.24, 2.45) is 11.8 Å². The van der Waals surface area contributed by atoms with Crippen LogP contribution in [0.25, 0.3) is 0 Å². The van der Waals surface area contributed by atoms with Crippen molar-refractivity contribution < 1.29 is 23.5 Å². The molecule has 0 saturated carbocycles. The van der Waals surface area contributed by atoms with Crippen molar-refractivity contribution in [3.8, 4) is 0 Å². The Morgan fingerprint density at radius 2 is 1.84 bits per heavy atom. The molecule has 1 N–H and O–H groups in total. The third-order valence-corrected chi connectivity index (χ3v) is 8.20. The second kappa shape index (κ2) is 12.7. The van der Waals surface area contributed by atoms with E-state index in [-0.39, 0.29) is 30.1 Å². The minimum absolute atomic E-state index is 0.173. The van der Waals surface area contributed by atoms with Gasteiger partial charge in [0.2, 0.25) is 11.8 Å². The molecule has 1 unspecified atom stereocenters. The molecule has 0 aliphatic carbocycles. The quantitative estimate of drug-likeness (QED) is 0.419. The molecule has 0 aromatic heterocycles. The maximum atomic E-state index is 15.0. The maximum Gasteiger partial charge on any atom is 0.409 e. The number of benzene rings is 1. The van der Waals surface area contributed by atoms with Gasteiger partial charge in [-0.15, -0.1) is 0 Å². The summed E-state index contributed by atoms with van der Waals surface area (Å²) >= 11 is 0. The van der Waals surface area contributed by atoms with Crippen LogP contribution in [-0.2, 0) is 14.3 Å². The Morgan fingerprint density at radius 1 is 1.11 bits per heavy atom. The van der Waals surface area contributed by atoms with Gasteiger partial charge in [0.1, 0.15) is 5.82 Å². The number of nitrogens with zero attached hydrogens (tertiary/aromatic N) is 3. The molecular weight excluding hydrogens is 475 g/mol. The number of likely N-dealkylation sites (tertiary alicyclic amines) is 1. The Hall–Kier alpha value is -2.68. The van der Waals surface area contributed by atoms with E-state index in [0.29, 0.717) is 36.1 Å². The molecule has 3 saturated heterocycles. The number of hydrogen-bond donors (Lipinski definition) is 1. The zero-order chi connectivity index (χ0) is 26.4. The van der Waals surface area contributed by atoms with Crippen LogP contribution in [0.3, 0.4) is 0 Å². The molecule has 8 nitrogen and oxygen atoms in total. The van der Waals surface area contributed by atoms with E-state index in [1.54, 1.807) is 6.07 Å². The summed E-state index contributed by atoms with van der Waals surface area (Å²) in [6.45, 7) is 10.7. The van der Waals surface area contributed by atoms with Crippen molar-refractivity contribution in [2.75, 3.05) is 57.3 Å². The van der Waals surface area contributed by atoms with Gasteiger partial charge in [-0.25, -0.2) is 9.18 Å². The number of ether oxygens (including phenoxy) is 1. The van der Waals surface area contributed by atoms with Gasteiger partial charge in [0.05, 0.1) is 18.2 Å². The lowest BCUT2D eigenvalue weighted by atomic mass is 9.85. The van der Waals surface area contributed by atoms with Gasteiger partial charge in [0.15, 0.2) is 0 Å². The van der Waals surface area contributed by atoms with Crippen LogP contribution in [0.2, 0.25) is 0 Å². The summed E-state index contributed by atoms with van der Waals surface area (Å²) in [7, 11) is 0. The van der Waals surface area contributed by atoms with E-state index in [0.717, 1.165) is 71.5 Å². The van der Waals surface area contributed by atoms with Crippen molar-refractivity contribution in [2.45, 2.75) is 58.3 Å². The van der Waals surface area contributed by atoms with E-state index in [2.05, 4.69) is 29.0 Å². The Balaban J connectivity index is 1.21. The first-order valence-corrected chi connectivity index (χ1v) is 13.9. The van der Waals surface area contributed by atoms with E-state index in [1.165, 1.54) is 6.07 Å². The molecule has 37 heavy (non-hydrogen) atoms. The fraction of sp³-hybridized carbons (Fsp3) is 0.679. The van der Waals surface area contributed by atoms with Crippen molar-refractivity contribution in [1.82, 2.24) is 15.1 Å². The largest absolute Gasteiger partial charge is 0.449 e. The van der Waals surface area contributed by atoms with E-state index >= 15 is 4.39 Å². The SMILES string of the molecule is CCCCOC(=O)N1CCC([C@H](C)CN2CCN(c3ccc(C4CCC(=O)NC4=O)cc3F)CC2)CC1. The van der Waals surface area contributed by atoms with Crippen molar-refractivity contribution in [3.63, 3.8) is 0 Å². The highest BCUT2D eigenvalue weighted by atomic mass is 19.1. The zero-order valence-corrected chi connectivity index (χ0v) is 22.2. The van der Waals surface area contributed by atoms with E-state index in [1.807, 2.05) is 11.0 Å². The standard InChI is InChI=1S/C28H41FN4O4/c1-3-4-17-37-28(36)33-11-9-21(10-12-33)20(2)19-31-13-15-32(16-14-31)25-7-5-22(18-24(25)29)23-6-8-26(34)30-27(23)35/h5,7,18,20-21,23H,3-4,6,8-17,19H2,1-2H3,(H,30,34,35)/t20-,23?/m1/s1. The molecule has 3 fully saturated rings. The van der Waals surface area contributed by atoms with E-state index in [4.69, 9.17) is 4.74 Å². The normalized spacial score (nSPS) is 22.6. The number of imide groups is 1. The van der Waals surface area contributed by atoms with Crippen LogP contribution in [0, 0.1) is 17.7 Å². The zero-order valence-electron chi connectivity index (χ0n) is 22.2. The third kappa shape index (κ3) is 7.00. The molecule has 204 valence electrons. The molecule has 3 heterocycles. The Kier molecular flexibility index (Phi) is 9.40. The summed E-state index contributed by atoms with van der Waals surface area (Å²) in [6, 6.07) is 5.04. The molecule has 3 aliphatic rings. The van der Waals surface area contributed by atoms with Gasteiger partial charge in [-0.1, -0.05) is 26.3 Å². The molecule has 2 atom stereocenters. The van der Waals surface area contributed by atoms with Gasteiger partial charge in [-0.05, 0) is 55.2 Å². The fourth-order valence-electron chi connectivity index (χ4n) is 5.78. The summed E-state index contributed by atoms with van der Waals surface area (Å²) in [4.78, 5) is 42.1. The lowest BCUT2D eigenvalue weighted by Gasteiger charge is -2.40. The van der Waals surface area contributed by atoms with Crippen molar-refractivity contribution in [3.05, 3.63) is 29.6 Å². The van der Waals surface area contributed by atoms with Crippen LogP contribution in [0.5, 0.6) is 0 Å². The van der Waals surface area contributed by atoms with E-state index in [9.17, 15) is 14.4 Å². The van der Waals surface area contributed by atoms with Crippen LogP contribution in [0.4, 0.5) is 14.9 Å². The second-order valence-electron chi connectivity index (χ2n) is 10.8. The topological polar surface area (TPSA) is 82.2 Å². The number of unbranched alkanes of at least 4 members (excludes halogenated alkanes) is 1. The fourth-order valence-corrected chi connectivity index (χ4v) is 5.78. The number of amides is 3. The second-order valence-corrected chi connectivity index (χ2v) is 10.8. The summed E-state index contributed by atoms with van der Waals surface area (Å²) in [5.41, 5.74) is 1.20. The molecule has 3 aliphatic heterocycles. The summed E-state index contributed by atoms with van der Waals surface area (Å²) < 4.78 is 20.4. The van der Waals surface area contributed by atoms with Crippen LogP contribution in [0.1, 0.15) is 63.9 Å². The molecule has 1 aromatic carbocycles. The molecule has 1 aromatic rings. The number of carbonyl (C=O) groups is 3. The van der Waals surface area contributed by atoms with Crippen LogP contribution in [-0.4, -0.2) is 80.1 Å². The number of piperidine rings is 2. The Labute approximate surface area is 219 Å². The minimum atomic E-state index is -0.474. The van der Waals surface area contributed by atoms with Gasteiger partial charge in [-0.2, -0.15) is 0 Å².